The van der Waals surface area contributed by atoms with Crippen molar-refractivity contribution in [1.29, 1.82) is 0 Å². The Morgan fingerprint density at radius 1 is 1.39 bits per heavy atom. The number of sulfonamides is 1. The van der Waals surface area contributed by atoms with Crippen LogP contribution in [-0.4, -0.2) is 19.2 Å². The number of hydrogen-bond donors (Lipinski definition) is 1. The molecule has 0 unspecified atom stereocenters. The smallest absolute Gasteiger partial charge is 0.212 e. The summed E-state index contributed by atoms with van der Waals surface area (Å²) in [6.45, 7) is 7.71. The van der Waals surface area contributed by atoms with Crippen LogP contribution in [0.4, 0.5) is 0 Å². The van der Waals surface area contributed by atoms with Crippen molar-refractivity contribution >= 4 is 10.0 Å². The second-order valence-corrected chi connectivity index (χ2v) is 6.81. The van der Waals surface area contributed by atoms with Gasteiger partial charge in [-0.3, -0.25) is 4.98 Å². The SMILES string of the molecule is CC[C@H](NS(=O)(=O)CC(C)C)c1cc(C)ccn1. The first-order valence-corrected chi connectivity index (χ1v) is 7.92. The van der Waals surface area contributed by atoms with Crippen molar-refractivity contribution < 1.29 is 8.42 Å². The third-order valence-electron chi connectivity index (χ3n) is 2.58. The molecule has 1 atom stereocenters. The van der Waals surface area contributed by atoms with Crippen LogP contribution in [0, 0.1) is 12.8 Å². The summed E-state index contributed by atoms with van der Waals surface area (Å²) < 4.78 is 26.6. The number of nitrogens with zero attached hydrogens (tertiary/aromatic N) is 1. The largest absolute Gasteiger partial charge is 0.260 e. The normalized spacial score (nSPS) is 13.8. The molecule has 0 radical (unpaired) electrons. The minimum Gasteiger partial charge on any atom is -0.260 e. The summed E-state index contributed by atoms with van der Waals surface area (Å²) in [5, 5.41) is 0. The van der Waals surface area contributed by atoms with Crippen molar-refractivity contribution in [3.63, 3.8) is 0 Å². The van der Waals surface area contributed by atoms with Crippen LogP contribution in [0.25, 0.3) is 0 Å². The Morgan fingerprint density at radius 2 is 2.06 bits per heavy atom. The van der Waals surface area contributed by atoms with E-state index < -0.39 is 10.0 Å². The molecule has 0 saturated heterocycles. The lowest BCUT2D eigenvalue weighted by molar-refractivity contribution is 0.535. The van der Waals surface area contributed by atoms with Gasteiger partial charge in [0.2, 0.25) is 10.0 Å². The molecular weight excluding hydrogens is 248 g/mol. The Kier molecular flexibility index (Phi) is 5.28. The lowest BCUT2D eigenvalue weighted by Gasteiger charge is -2.17. The summed E-state index contributed by atoms with van der Waals surface area (Å²) >= 11 is 0. The van der Waals surface area contributed by atoms with E-state index >= 15 is 0 Å². The number of hydrogen-bond acceptors (Lipinski definition) is 3. The molecule has 0 amide bonds. The van der Waals surface area contributed by atoms with E-state index in [2.05, 4.69) is 9.71 Å². The van der Waals surface area contributed by atoms with Crippen molar-refractivity contribution in [3.05, 3.63) is 29.6 Å². The Bertz CT molecular complexity index is 484. The third-order valence-corrected chi connectivity index (χ3v) is 4.33. The number of pyridine rings is 1. The molecule has 0 aromatic carbocycles. The second kappa shape index (κ2) is 6.29. The predicted octanol–water partition coefficient (Wildman–Crippen LogP) is 2.42. The van der Waals surface area contributed by atoms with Crippen LogP contribution in [0.15, 0.2) is 18.3 Å². The van der Waals surface area contributed by atoms with Crippen molar-refractivity contribution in [2.24, 2.45) is 5.92 Å². The molecule has 102 valence electrons. The zero-order valence-corrected chi connectivity index (χ0v) is 12.3. The minimum atomic E-state index is -3.24. The summed E-state index contributed by atoms with van der Waals surface area (Å²) in [6.07, 6.45) is 2.40. The van der Waals surface area contributed by atoms with E-state index in [1.807, 2.05) is 39.8 Å². The molecule has 0 aliphatic rings. The highest BCUT2D eigenvalue weighted by molar-refractivity contribution is 7.89. The summed E-state index contributed by atoms with van der Waals surface area (Å²) in [5.41, 5.74) is 1.87. The molecule has 4 nitrogen and oxygen atoms in total. The Hall–Kier alpha value is -0.940. The van der Waals surface area contributed by atoms with Gasteiger partial charge in [-0.05, 0) is 37.0 Å². The van der Waals surface area contributed by atoms with Crippen LogP contribution in [0.1, 0.15) is 44.5 Å². The number of aryl methyl sites for hydroxylation is 1. The second-order valence-electron chi connectivity index (χ2n) is 5.01. The summed E-state index contributed by atoms with van der Waals surface area (Å²) in [6, 6.07) is 3.58. The highest BCUT2D eigenvalue weighted by atomic mass is 32.2. The average Bonchev–Trinajstić information content (AvgIpc) is 2.24. The zero-order chi connectivity index (χ0) is 13.8. The van der Waals surface area contributed by atoms with E-state index in [4.69, 9.17) is 0 Å². The monoisotopic (exact) mass is 270 g/mol. The fourth-order valence-electron chi connectivity index (χ4n) is 1.81. The predicted molar refractivity (Wildman–Crippen MR) is 73.8 cm³/mol. The van der Waals surface area contributed by atoms with Gasteiger partial charge in [-0.2, -0.15) is 0 Å². The molecule has 0 saturated carbocycles. The van der Waals surface area contributed by atoms with Crippen LogP contribution in [0.5, 0.6) is 0 Å². The number of nitrogens with one attached hydrogen (secondary N) is 1. The topological polar surface area (TPSA) is 59.1 Å². The third kappa shape index (κ3) is 4.74. The minimum absolute atomic E-state index is 0.116. The van der Waals surface area contributed by atoms with Crippen LogP contribution in [0.2, 0.25) is 0 Å². The van der Waals surface area contributed by atoms with Gasteiger partial charge >= 0.3 is 0 Å². The van der Waals surface area contributed by atoms with E-state index in [9.17, 15) is 8.42 Å². The molecule has 0 spiro atoms. The lowest BCUT2D eigenvalue weighted by atomic mass is 10.1. The van der Waals surface area contributed by atoms with E-state index in [1.165, 1.54) is 0 Å². The first kappa shape index (κ1) is 15.1. The van der Waals surface area contributed by atoms with E-state index in [1.54, 1.807) is 6.20 Å². The Morgan fingerprint density at radius 3 is 2.56 bits per heavy atom. The van der Waals surface area contributed by atoms with Crippen LogP contribution in [0.3, 0.4) is 0 Å². The van der Waals surface area contributed by atoms with Gasteiger partial charge in [-0.25, -0.2) is 13.1 Å². The van der Waals surface area contributed by atoms with Crippen molar-refractivity contribution in [2.75, 3.05) is 5.75 Å². The van der Waals surface area contributed by atoms with Gasteiger partial charge in [-0.1, -0.05) is 20.8 Å². The van der Waals surface area contributed by atoms with Crippen molar-refractivity contribution in [3.8, 4) is 0 Å². The number of rotatable bonds is 6. The summed E-state index contributed by atoms with van der Waals surface area (Å²) in [4.78, 5) is 4.25. The molecule has 0 aliphatic heterocycles. The van der Waals surface area contributed by atoms with Crippen LogP contribution >= 0.6 is 0 Å². The fourth-order valence-corrected chi connectivity index (χ4v) is 3.50. The van der Waals surface area contributed by atoms with Gasteiger partial charge in [0, 0.05) is 6.20 Å². The molecule has 1 N–H and O–H groups in total. The van der Waals surface area contributed by atoms with Gasteiger partial charge < -0.3 is 0 Å². The maximum atomic E-state index is 11.9. The number of aromatic nitrogens is 1. The highest BCUT2D eigenvalue weighted by Gasteiger charge is 2.20. The molecule has 1 heterocycles. The molecule has 0 aliphatic carbocycles. The fraction of sp³-hybridized carbons (Fsp3) is 0.615. The quantitative estimate of drug-likeness (QED) is 0.863. The van der Waals surface area contributed by atoms with Crippen LogP contribution < -0.4 is 4.72 Å². The molecule has 0 fully saturated rings. The molecular formula is C13H22N2O2S. The molecule has 0 bridgehead atoms. The van der Waals surface area contributed by atoms with Gasteiger partial charge in [0.15, 0.2) is 0 Å². The molecule has 1 aromatic rings. The maximum Gasteiger partial charge on any atom is 0.212 e. The van der Waals surface area contributed by atoms with E-state index in [0.29, 0.717) is 6.42 Å². The van der Waals surface area contributed by atoms with Crippen LogP contribution in [-0.2, 0) is 10.0 Å². The lowest BCUT2D eigenvalue weighted by Crippen LogP contribution is -2.32. The Labute approximate surface area is 110 Å². The zero-order valence-electron chi connectivity index (χ0n) is 11.5. The molecule has 5 heteroatoms. The van der Waals surface area contributed by atoms with Gasteiger partial charge in [-0.15, -0.1) is 0 Å². The van der Waals surface area contributed by atoms with E-state index in [-0.39, 0.29) is 17.7 Å². The van der Waals surface area contributed by atoms with Gasteiger partial charge in [0.1, 0.15) is 0 Å². The van der Waals surface area contributed by atoms with E-state index in [0.717, 1.165) is 11.3 Å². The van der Waals surface area contributed by atoms with Crippen molar-refractivity contribution in [1.82, 2.24) is 9.71 Å². The van der Waals surface area contributed by atoms with Gasteiger partial charge in [0.25, 0.3) is 0 Å². The highest BCUT2D eigenvalue weighted by Crippen LogP contribution is 2.16. The standard InChI is InChI=1S/C13H22N2O2S/c1-5-12(13-8-11(4)6-7-14-13)15-18(16,17)9-10(2)3/h6-8,10,12,15H,5,9H2,1-4H3/t12-/m0/s1. The van der Waals surface area contributed by atoms with Gasteiger partial charge in [0.05, 0.1) is 17.5 Å². The Balaban J connectivity index is 2.86. The summed E-state index contributed by atoms with van der Waals surface area (Å²) in [5.74, 6) is 0.264. The first-order chi connectivity index (χ1) is 8.34. The first-order valence-electron chi connectivity index (χ1n) is 6.26. The molecule has 1 aromatic heterocycles. The molecule has 18 heavy (non-hydrogen) atoms. The van der Waals surface area contributed by atoms with Crippen molar-refractivity contribution in [2.45, 2.75) is 40.2 Å². The maximum absolute atomic E-state index is 11.9. The molecule has 1 rings (SSSR count). The average molecular weight is 270 g/mol. The summed E-state index contributed by atoms with van der Waals surface area (Å²) in [7, 11) is -3.24.